The minimum absolute atomic E-state index is 0.0271. The first-order valence-corrected chi connectivity index (χ1v) is 9.00. The first-order valence-electron chi connectivity index (χ1n) is 9.00. The highest BCUT2D eigenvalue weighted by atomic mass is 16.5. The zero-order valence-electron chi connectivity index (χ0n) is 16.2. The topological polar surface area (TPSA) is 69.0 Å². The van der Waals surface area contributed by atoms with Crippen LogP contribution >= 0.6 is 0 Å². The summed E-state index contributed by atoms with van der Waals surface area (Å²) in [5, 5.41) is 0.818. The Morgan fingerprint density at radius 2 is 1.89 bits per heavy atom. The molecule has 3 aromatic rings. The molecular formula is C22H23NO5. The number of amides is 1. The number of benzene rings is 2. The fourth-order valence-corrected chi connectivity index (χ4v) is 3.02. The van der Waals surface area contributed by atoms with Crippen molar-refractivity contribution in [3.8, 4) is 5.75 Å². The lowest BCUT2D eigenvalue weighted by atomic mass is 10.1. The summed E-state index contributed by atoms with van der Waals surface area (Å²) >= 11 is 0. The van der Waals surface area contributed by atoms with Crippen LogP contribution in [0.4, 0.5) is 0 Å². The molecule has 0 saturated carbocycles. The van der Waals surface area contributed by atoms with E-state index in [9.17, 15) is 9.59 Å². The number of rotatable bonds is 7. The Balaban J connectivity index is 1.58. The van der Waals surface area contributed by atoms with Crippen molar-refractivity contribution in [1.29, 1.82) is 0 Å². The van der Waals surface area contributed by atoms with Crippen molar-refractivity contribution in [2.45, 2.75) is 26.0 Å². The number of hydrogen-bond donors (Lipinski definition) is 0. The zero-order valence-corrected chi connectivity index (χ0v) is 16.2. The van der Waals surface area contributed by atoms with Gasteiger partial charge in [-0.1, -0.05) is 30.3 Å². The second-order valence-corrected chi connectivity index (χ2v) is 6.61. The summed E-state index contributed by atoms with van der Waals surface area (Å²) in [6.45, 7) is 2.04. The van der Waals surface area contributed by atoms with Gasteiger partial charge >= 0.3 is 5.97 Å². The summed E-state index contributed by atoms with van der Waals surface area (Å²) in [6, 6.07) is 15.0. The van der Waals surface area contributed by atoms with E-state index in [-0.39, 0.29) is 12.3 Å². The molecule has 1 aromatic heterocycles. The molecule has 6 nitrogen and oxygen atoms in total. The molecule has 0 fully saturated rings. The highest BCUT2D eigenvalue weighted by Crippen LogP contribution is 2.26. The number of carbonyl (C=O) groups is 2. The number of carbonyl (C=O) groups excluding carboxylic acids is 2. The number of esters is 1. The van der Waals surface area contributed by atoms with E-state index in [0.717, 1.165) is 10.9 Å². The van der Waals surface area contributed by atoms with Gasteiger partial charge in [-0.25, -0.2) is 0 Å². The molecule has 3 rings (SSSR count). The van der Waals surface area contributed by atoms with Gasteiger partial charge in [-0.05, 0) is 24.6 Å². The highest BCUT2D eigenvalue weighted by Gasteiger charge is 2.22. The fourth-order valence-electron chi connectivity index (χ4n) is 3.02. The van der Waals surface area contributed by atoms with E-state index in [2.05, 4.69) is 0 Å². The van der Waals surface area contributed by atoms with Gasteiger partial charge in [-0.2, -0.15) is 0 Å². The summed E-state index contributed by atoms with van der Waals surface area (Å²) in [4.78, 5) is 26.3. The van der Waals surface area contributed by atoms with Gasteiger partial charge in [0.1, 0.15) is 11.3 Å². The number of methoxy groups -OCH3 is 1. The molecule has 0 bridgehead atoms. The van der Waals surface area contributed by atoms with E-state index < -0.39 is 12.1 Å². The van der Waals surface area contributed by atoms with Crippen molar-refractivity contribution in [1.82, 2.24) is 4.90 Å². The summed E-state index contributed by atoms with van der Waals surface area (Å²) < 4.78 is 16.0. The van der Waals surface area contributed by atoms with Gasteiger partial charge < -0.3 is 18.8 Å². The monoisotopic (exact) mass is 381 g/mol. The molecule has 0 spiro atoms. The molecule has 0 saturated heterocycles. The van der Waals surface area contributed by atoms with E-state index in [1.807, 2.05) is 36.4 Å². The number of ether oxygens (including phenoxy) is 2. The fraction of sp³-hybridized carbons (Fsp3) is 0.273. The van der Waals surface area contributed by atoms with Gasteiger partial charge in [-0.3, -0.25) is 9.59 Å². The normalized spacial score (nSPS) is 11.8. The van der Waals surface area contributed by atoms with Crippen molar-refractivity contribution in [3.05, 3.63) is 65.9 Å². The molecule has 1 heterocycles. The van der Waals surface area contributed by atoms with Crippen LogP contribution in [0, 0.1) is 0 Å². The zero-order chi connectivity index (χ0) is 20.1. The number of furan rings is 1. The van der Waals surface area contributed by atoms with Gasteiger partial charge in [0.15, 0.2) is 6.10 Å². The average molecular weight is 381 g/mol. The predicted molar refractivity (Wildman–Crippen MR) is 105 cm³/mol. The Bertz CT molecular complexity index is 963. The second kappa shape index (κ2) is 8.61. The van der Waals surface area contributed by atoms with Crippen LogP contribution in [0.5, 0.6) is 5.75 Å². The third-order valence-corrected chi connectivity index (χ3v) is 4.49. The van der Waals surface area contributed by atoms with Crippen molar-refractivity contribution >= 4 is 22.8 Å². The third-order valence-electron chi connectivity index (χ3n) is 4.49. The Labute approximate surface area is 163 Å². The van der Waals surface area contributed by atoms with E-state index in [4.69, 9.17) is 13.9 Å². The molecule has 146 valence electrons. The smallest absolute Gasteiger partial charge is 0.311 e. The van der Waals surface area contributed by atoms with Gasteiger partial charge in [0.2, 0.25) is 0 Å². The number of likely N-dealkylation sites (N-methyl/N-ethyl adjacent to an activating group) is 1. The Hall–Kier alpha value is -3.28. The average Bonchev–Trinajstić information content (AvgIpc) is 3.09. The lowest BCUT2D eigenvalue weighted by Gasteiger charge is -2.21. The summed E-state index contributed by atoms with van der Waals surface area (Å²) in [7, 11) is 3.27. The number of fused-ring (bicyclic) bond motifs is 1. The van der Waals surface area contributed by atoms with Crippen LogP contribution < -0.4 is 4.74 Å². The Kier molecular flexibility index (Phi) is 5.99. The van der Waals surface area contributed by atoms with E-state index >= 15 is 0 Å². The summed E-state index contributed by atoms with van der Waals surface area (Å²) in [6.07, 6.45) is 0.693. The Morgan fingerprint density at radius 1 is 1.14 bits per heavy atom. The summed E-state index contributed by atoms with van der Waals surface area (Å²) in [5.74, 6) is -0.0527. The van der Waals surface area contributed by atoms with E-state index in [1.54, 1.807) is 38.1 Å². The van der Waals surface area contributed by atoms with Crippen LogP contribution in [-0.4, -0.2) is 37.0 Å². The van der Waals surface area contributed by atoms with Crippen LogP contribution in [0.15, 0.2) is 59.2 Å². The molecule has 0 aliphatic carbocycles. The predicted octanol–water partition coefficient (Wildman–Crippen LogP) is 3.57. The molecule has 2 aromatic carbocycles. The lowest BCUT2D eigenvalue weighted by Crippen LogP contribution is -2.37. The molecule has 0 radical (unpaired) electrons. The van der Waals surface area contributed by atoms with Crippen molar-refractivity contribution in [2.75, 3.05) is 14.2 Å². The van der Waals surface area contributed by atoms with Crippen molar-refractivity contribution in [2.24, 2.45) is 0 Å². The Morgan fingerprint density at radius 3 is 2.61 bits per heavy atom. The quantitative estimate of drug-likeness (QED) is 0.585. The minimum atomic E-state index is -0.862. The van der Waals surface area contributed by atoms with Crippen molar-refractivity contribution in [3.63, 3.8) is 0 Å². The SMILES string of the molecule is COc1ccc2c(CC(=O)O[C@@H](C)C(=O)N(C)Cc3ccccc3)coc2c1. The van der Waals surface area contributed by atoms with Crippen molar-refractivity contribution < 1.29 is 23.5 Å². The maximum atomic E-state index is 12.5. The largest absolute Gasteiger partial charge is 0.497 e. The molecule has 28 heavy (non-hydrogen) atoms. The third kappa shape index (κ3) is 4.52. The summed E-state index contributed by atoms with van der Waals surface area (Å²) in [5.41, 5.74) is 2.35. The molecule has 1 amide bonds. The molecule has 0 unspecified atom stereocenters. The first-order chi connectivity index (χ1) is 13.5. The van der Waals surface area contributed by atoms with E-state index in [1.165, 1.54) is 6.26 Å². The molecular weight excluding hydrogens is 358 g/mol. The highest BCUT2D eigenvalue weighted by molar-refractivity contribution is 5.88. The first kappa shape index (κ1) is 19.5. The van der Waals surface area contributed by atoms with Gasteiger partial charge in [0, 0.05) is 30.6 Å². The molecule has 0 aliphatic heterocycles. The van der Waals surface area contributed by atoms with Crippen LogP contribution in [0.1, 0.15) is 18.1 Å². The second-order valence-electron chi connectivity index (χ2n) is 6.61. The maximum Gasteiger partial charge on any atom is 0.311 e. The number of nitrogens with zero attached hydrogens (tertiary/aromatic N) is 1. The number of hydrogen-bond acceptors (Lipinski definition) is 5. The molecule has 0 N–H and O–H groups in total. The van der Waals surface area contributed by atoms with Crippen LogP contribution in [0.2, 0.25) is 0 Å². The molecule has 1 atom stereocenters. The lowest BCUT2D eigenvalue weighted by molar-refractivity contribution is -0.158. The minimum Gasteiger partial charge on any atom is -0.497 e. The van der Waals surface area contributed by atoms with E-state index in [0.29, 0.717) is 23.4 Å². The van der Waals surface area contributed by atoms with Gasteiger partial charge in [0.05, 0.1) is 19.8 Å². The van der Waals surface area contributed by atoms with Crippen LogP contribution in [0.3, 0.4) is 0 Å². The standard InChI is InChI=1S/C22H23NO5/c1-15(22(25)23(2)13-16-7-5-4-6-8-16)28-21(24)11-17-14-27-20-12-18(26-3)9-10-19(17)20/h4-10,12,14-15H,11,13H2,1-3H3/t15-/m0/s1. The van der Waals surface area contributed by atoms with Gasteiger partial charge in [-0.15, -0.1) is 0 Å². The van der Waals surface area contributed by atoms with Crippen LogP contribution in [0.25, 0.3) is 11.0 Å². The molecule has 6 heteroatoms. The maximum absolute atomic E-state index is 12.5. The van der Waals surface area contributed by atoms with Gasteiger partial charge in [0.25, 0.3) is 5.91 Å². The molecule has 0 aliphatic rings. The van der Waals surface area contributed by atoms with Crippen LogP contribution in [-0.2, 0) is 27.3 Å².